The Morgan fingerprint density at radius 3 is 2.76 bits per heavy atom. The van der Waals surface area contributed by atoms with Crippen LogP contribution < -0.4 is 4.74 Å². The van der Waals surface area contributed by atoms with Crippen LogP contribution in [-0.4, -0.2) is 17.0 Å². The summed E-state index contributed by atoms with van der Waals surface area (Å²) in [7, 11) is 0. The molecular formula is C12H10O5. The molecule has 17 heavy (non-hydrogen) atoms. The number of esters is 1. The number of rotatable bonds is 3. The van der Waals surface area contributed by atoms with Crippen molar-refractivity contribution in [2.45, 2.75) is 13.3 Å². The average molecular weight is 234 g/mol. The fourth-order valence-corrected chi connectivity index (χ4v) is 1.54. The van der Waals surface area contributed by atoms with Gasteiger partial charge in [-0.25, -0.2) is 0 Å². The minimum Gasteiger partial charge on any atom is -0.481 e. The van der Waals surface area contributed by atoms with Gasteiger partial charge in [0.25, 0.3) is 0 Å². The van der Waals surface area contributed by atoms with E-state index >= 15 is 0 Å². The second kappa shape index (κ2) is 4.29. The topological polar surface area (TPSA) is 76.7 Å². The number of hydrogen-bond acceptors (Lipinski definition) is 4. The predicted octanol–water partition coefficient (Wildman–Crippen LogP) is 1.99. The van der Waals surface area contributed by atoms with E-state index in [1.54, 1.807) is 24.3 Å². The monoisotopic (exact) mass is 234 g/mol. The zero-order valence-corrected chi connectivity index (χ0v) is 9.10. The number of aliphatic carboxylic acids is 1. The number of carbonyl (C=O) groups excluding carboxylic acids is 1. The Morgan fingerprint density at radius 2 is 2.12 bits per heavy atom. The second-order valence-corrected chi connectivity index (χ2v) is 3.58. The van der Waals surface area contributed by atoms with Gasteiger partial charge in [0.1, 0.15) is 23.5 Å². The Morgan fingerprint density at radius 1 is 1.35 bits per heavy atom. The minimum absolute atomic E-state index is 0.169. The molecule has 0 amide bonds. The van der Waals surface area contributed by atoms with Crippen LogP contribution in [0.25, 0.3) is 11.0 Å². The fourth-order valence-electron chi connectivity index (χ4n) is 1.54. The SMILES string of the molecule is CC(=O)Oc1ccc2oc(CC(=O)O)cc2c1. The van der Waals surface area contributed by atoms with Gasteiger partial charge in [-0.05, 0) is 24.3 Å². The quantitative estimate of drug-likeness (QED) is 0.649. The first kappa shape index (κ1) is 11.2. The zero-order chi connectivity index (χ0) is 12.4. The standard InChI is InChI=1S/C12H10O5/c1-7(13)16-9-2-3-11-8(4-9)5-10(17-11)6-12(14)15/h2-5H,6H2,1H3,(H,14,15). The molecule has 0 bridgehead atoms. The molecule has 0 atom stereocenters. The van der Waals surface area contributed by atoms with Crippen LogP contribution in [0.5, 0.6) is 5.75 Å². The summed E-state index contributed by atoms with van der Waals surface area (Å²) in [5.41, 5.74) is 0.567. The normalized spacial score (nSPS) is 10.4. The highest BCUT2D eigenvalue weighted by Gasteiger charge is 2.09. The Balaban J connectivity index is 2.33. The molecule has 0 aliphatic heterocycles. The Bertz CT molecular complexity index is 568. The smallest absolute Gasteiger partial charge is 0.311 e. The van der Waals surface area contributed by atoms with E-state index in [1.165, 1.54) is 6.92 Å². The summed E-state index contributed by atoms with van der Waals surface area (Å²) < 4.78 is 10.2. The summed E-state index contributed by atoms with van der Waals surface area (Å²) in [4.78, 5) is 21.3. The minimum atomic E-state index is -0.954. The van der Waals surface area contributed by atoms with E-state index in [1.807, 2.05) is 0 Å². The molecule has 2 aromatic rings. The van der Waals surface area contributed by atoms with Gasteiger partial charge < -0.3 is 14.3 Å². The van der Waals surface area contributed by atoms with Crippen molar-refractivity contribution in [1.82, 2.24) is 0 Å². The predicted molar refractivity (Wildman–Crippen MR) is 58.9 cm³/mol. The van der Waals surface area contributed by atoms with Crippen molar-refractivity contribution in [3.8, 4) is 5.75 Å². The molecule has 5 heteroatoms. The molecule has 0 aliphatic rings. The van der Waals surface area contributed by atoms with Gasteiger partial charge in [0.2, 0.25) is 0 Å². The van der Waals surface area contributed by atoms with Gasteiger partial charge in [0.15, 0.2) is 0 Å². The van der Waals surface area contributed by atoms with Gasteiger partial charge in [0.05, 0.1) is 0 Å². The molecule has 0 radical (unpaired) electrons. The molecule has 0 saturated heterocycles. The zero-order valence-electron chi connectivity index (χ0n) is 9.10. The molecular weight excluding hydrogens is 224 g/mol. The van der Waals surface area contributed by atoms with Crippen molar-refractivity contribution < 1.29 is 23.8 Å². The van der Waals surface area contributed by atoms with Gasteiger partial charge in [-0.1, -0.05) is 0 Å². The lowest BCUT2D eigenvalue weighted by Gasteiger charge is -1.99. The van der Waals surface area contributed by atoms with Gasteiger partial charge >= 0.3 is 11.9 Å². The van der Waals surface area contributed by atoms with Crippen LogP contribution >= 0.6 is 0 Å². The summed E-state index contributed by atoms with van der Waals surface area (Å²) in [5, 5.41) is 9.34. The van der Waals surface area contributed by atoms with Crippen LogP contribution in [0.4, 0.5) is 0 Å². The van der Waals surface area contributed by atoms with Gasteiger partial charge in [-0.2, -0.15) is 0 Å². The van der Waals surface area contributed by atoms with Crippen LogP contribution in [0.2, 0.25) is 0 Å². The third kappa shape index (κ3) is 2.63. The average Bonchev–Trinajstić information content (AvgIpc) is 2.56. The molecule has 1 aromatic carbocycles. The molecule has 0 fully saturated rings. The van der Waals surface area contributed by atoms with Crippen LogP contribution in [0, 0.1) is 0 Å². The number of carbonyl (C=O) groups is 2. The molecule has 0 spiro atoms. The Kier molecular flexibility index (Phi) is 2.82. The first-order valence-corrected chi connectivity index (χ1v) is 4.97. The number of furan rings is 1. The Labute approximate surface area is 96.6 Å². The van der Waals surface area contributed by atoms with E-state index in [0.29, 0.717) is 22.5 Å². The van der Waals surface area contributed by atoms with E-state index in [0.717, 1.165) is 0 Å². The lowest BCUT2D eigenvalue weighted by molar-refractivity contribution is -0.136. The first-order valence-electron chi connectivity index (χ1n) is 4.97. The molecule has 1 N–H and O–H groups in total. The lowest BCUT2D eigenvalue weighted by atomic mass is 10.2. The van der Waals surface area contributed by atoms with Crippen molar-refractivity contribution in [3.05, 3.63) is 30.0 Å². The summed E-state index contributed by atoms with van der Waals surface area (Å²) >= 11 is 0. The summed E-state index contributed by atoms with van der Waals surface area (Å²) in [6, 6.07) is 6.48. The molecule has 88 valence electrons. The molecule has 2 rings (SSSR count). The van der Waals surface area contributed by atoms with Crippen LogP contribution in [0.1, 0.15) is 12.7 Å². The van der Waals surface area contributed by atoms with Gasteiger partial charge in [-0.15, -0.1) is 0 Å². The van der Waals surface area contributed by atoms with E-state index in [4.69, 9.17) is 14.3 Å². The van der Waals surface area contributed by atoms with E-state index in [9.17, 15) is 9.59 Å². The molecule has 5 nitrogen and oxygen atoms in total. The van der Waals surface area contributed by atoms with Crippen LogP contribution in [-0.2, 0) is 16.0 Å². The van der Waals surface area contributed by atoms with Crippen molar-refractivity contribution in [2.75, 3.05) is 0 Å². The number of ether oxygens (including phenoxy) is 1. The summed E-state index contributed by atoms with van der Waals surface area (Å²) in [5.74, 6) is -0.581. The summed E-state index contributed by atoms with van der Waals surface area (Å²) in [6.07, 6.45) is -0.169. The summed E-state index contributed by atoms with van der Waals surface area (Å²) in [6.45, 7) is 1.31. The third-order valence-corrected chi connectivity index (χ3v) is 2.13. The highest BCUT2D eigenvalue weighted by molar-refractivity contribution is 5.82. The maximum Gasteiger partial charge on any atom is 0.311 e. The van der Waals surface area contributed by atoms with E-state index in [-0.39, 0.29) is 6.42 Å². The van der Waals surface area contributed by atoms with Crippen molar-refractivity contribution in [1.29, 1.82) is 0 Å². The second-order valence-electron chi connectivity index (χ2n) is 3.58. The highest BCUT2D eigenvalue weighted by Crippen LogP contribution is 2.24. The maximum absolute atomic E-state index is 10.8. The first-order chi connectivity index (χ1) is 8.04. The highest BCUT2D eigenvalue weighted by atomic mass is 16.5. The number of carboxylic acid groups (broad SMARTS) is 1. The number of carboxylic acids is 1. The lowest BCUT2D eigenvalue weighted by Crippen LogP contribution is -2.00. The molecule has 0 saturated carbocycles. The van der Waals surface area contributed by atoms with Crippen molar-refractivity contribution in [2.24, 2.45) is 0 Å². The number of hydrogen-bond donors (Lipinski definition) is 1. The third-order valence-electron chi connectivity index (χ3n) is 2.13. The van der Waals surface area contributed by atoms with E-state index < -0.39 is 11.9 Å². The maximum atomic E-state index is 10.8. The Hall–Kier alpha value is -2.30. The molecule has 0 aliphatic carbocycles. The van der Waals surface area contributed by atoms with Crippen LogP contribution in [0.3, 0.4) is 0 Å². The molecule has 1 aromatic heterocycles. The van der Waals surface area contributed by atoms with Crippen LogP contribution in [0.15, 0.2) is 28.7 Å². The van der Waals surface area contributed by atoms with Crippen molar-refractivity contribution in [3.63, 3.8) is 0 Å². The van der Waals surface area contributed by atoms with Crippen molar-refractivity contribution >= 4 is 22.9 Å². The molecule has 0 unspecified atom stereocenters. The fraction of sp³-hybridized carbons (Fsp3) is 0.167. The molecule has 1 heterocycles. The van der Waals surface area contributed by atoms with Gasteiger partial charge in [-0.3, -0.25) is 9.59 Å². The number of fused-ring (bicyclic) bond motifs is 1. The number of benzene rings is 1. The largest absolute Gasteiger partial charge is 0.481 e. The van der Waals surface area contributed by atoms with E-state index in [2.05, 4.69) is 0 Å². The van der Waals surface area contributed by atoms with Gasteiger partial charge in [0, 0.05) is 12.3 Å².